The number of imidazole rings is 1. The van der Waals surface area contributed by atoms with Gasteiger partial charge in [-0.2, -0.15) is 9.97 Å². The fraction of sp³-hybridized carbons (Fsp3) is 0.520. The van der Waals surface area contributed by atoms with Crippen LogP contribution in [0.15, 0.2) is 35.5 Å². The van der Waals surface area contributed by atoms with Crippen molar-refractivity contribution < 1.29 is 13.2 Å². The van der Waals surface area contributed by atoms with Gasteiger partial charge in [-0.25, -0.2) is 18.1 Å². The van der Waals surface area contributed by atoms with Gasteiger partial charge in [-0.15, -0.1) is 0 Å². The number of rotatable bonds is 12. The summed E-state index contributed by atoms with van der Waals surface area (Å²) in [6.07, 6.45) is 8.06. The highest BCUT2D eigenvalue weighted by Crippen LogP contribution is 2.29. The van der Waals surface area contributed by atoms with Gasteiger partial charge in [0.05, 0.1) is 17.1 Å². The highest BCUT2D eigenvalue weighted by Gasteiger charge is 2.30. The number of benzene rings is 1. The second-order valence-electron chi connectivity index (χ2n) is 9.40. The lowest BCUT2D eigenvalue weighted by molar-refractivity contribution is -0.122. The third kappa shape index (κ3) is 6.37. The Kier molecular flexibility index (Phi) is 8.59. The average molecular weight is 529 g/mol. The van der Waals surface area contributed by atoms with Gasteiger partial charge in [0.15, 0.2) is 17.0 Å². The molecule has 0 aliphatic heterocycles. The number of amides is 1. The Labute approximate surface area is 217 Å². The number of nitrogens with two attached hydrogens (primary N) is 1. The van der Waals surface area contributed by atoms with Crippen LogP contribution in [0.25, 0.3) is 11.2 Å². The van der Waals surface area contributed by atoms with E-state index < -0.39 is 10.0 Å². The fourth-order valence-corrected chi connectivity index (χ4v) is 5.73. The normalized spacial score (nSPS) is 18.1. The van der Waals surface area contributed by atoms with E-state index in [0.29, 0.717) is 41.7 Å². The first-order valence-corrected chi connectivity index (χ1v) is 14.5. The molecule has 200 valence electrons. The fourth-order valence-electron chi connectivity index (χ4n) is 4.66. The van der Waals surface area contributed by atoms with Crippen LogP contribution in [0.2, 0.25) is 0 Å². The molecule has 3 aromatic rings. The largest absolute Gasteiger partial charge is 0.369 e. The Morgan fingerprint density at radius 1 is 1.11 bits per heavy atom. The number of fused-ring (bicyclic) bond motifs is 1. The molecule has 1 aliphatic rings. The maximum Gasteiger partial charge on any atom is 0.240 e. The summed E-state index contributed by atoms with van der Waals surface area (Å²) in [5.74, 6) is 0.286. The van der Waals surface area contributed by atoms with E-state index >= 15 is 0 Å². The molecule has 12 heteroatoms. The Morgan fingerprint density at radius 3 is 2.57 bits per heavy atom. The summed E-state index contributed by atoms with van der Waals surface area (Å²) in [7, 11) is -3.57. The van der Waals surface area contributed by atoms with Crippen LogP contribution < -0.4 is 21.1 Å². The SMILES string of the molecule is CCCCCNS(=O)(=O)c1ccc(Nc2nc(N[C@@H]3CCCC[C@@H]3C(N)=O)nc3c2ncn3CC)cc1. The molecule has 11 nitrogen and oxygen atoms in total. The molecule has 5 N–H and O–H groups in total. The Balaban J connectivity index is 1.57. The van der Waals surface area contributed by atoms with Crippen LogP contribution in [0.4, 0.5) is 17.5 Å². The molecule has 0 unspecified atom stereocenters. The summed E-state index contributed by atoms with van der Waals surface area (Å²) < 4.78 is 29.7. The third-order valence-corrected chi connectivity index (χ3v) is 8.23. The van der Waals surface area contributed by atoms with Crippen LogP contribution in [0.5, 0.6) is 0 Å². The molecule has 0 radical (unpaired) electrons. The van der Waals surface area contributed by atoms with Crippen molar-refractivity contribution in [3.63, 3.8) is 0 Å². The van der Waals surface area contributed by atoms with Crippen LogP contribution >= 0.6 is 0 Å². The van der Waals surface area contributed by atoms with E-state index in [0.717, 1.165) is 44.9 Å². The minimum absolute atomic E-state index is 0.135. The lowest BCUT2D eigenvalue weighted by atomic mass is 9.84. The van der Waals surface area contributed by atoms with Crippen molar-refractivity contribution >= 4 is 44.5 Å². The highest BCUT2D eigenvalue weighted by atomic mass is 32.2. The minimum Gasteiger partial charge on any atom is -0.369 e. The predicted octanol–water partition coefficient (Wildman–Crippen LogP) is 3.51. The van der Waals surface area contributed by atoms with Crippen LogP contribution in [0.3, 0.4) is 0 Å². The number of primary amides is 1. The van der Waals surface area contributed by atoms with E-state index in [4.69, 9.17) is 5.73 Å². The predicted molar refractivity (Wildman–Crippen MR) is 144 cm³/mol. The maximum absolute atomic E-state index is 12.6. The van der Waals surface area contributed by atoms with Gasteiger partial charge in [-0.05, 0) is 50.5 Å². The molecular weight excluding hydrogens is 492 g/mol. The molecule has 2 heterocycles. The molecule has 1 fully saturated rings. The van der Waals surface area contributed by atoms with Gasteiger partial charge in [-0.1, -0.05) is 32.6 Å². The first-order valence-electron chi connectivity index (χ1n) is 13.0. The number of hydrogen-bond acceptors (Lipinski definition) is 8. The zero-order valence-corrected chi connectivity index (χ0v) is 22.2. The lowest BCUT2D eigenvalue weighted by Gasteiger charge is -2.30. The average Bonchev–Trinajstić information content (AvgIpc) is 3.30. The number of hydrogen-bond donors (Lipinski definition) is 4. The van der Waals surface area contributed by atoms with E-state index in [1.807, 2.05) is 11.5 Å². The quantitative estimate of drug-likeness (QED) is 0.260. The Morgan fingerprint density at radius 2 is 1.86 bits per heavy atom. The summed E-state index contributed by atoms with van der Waals surface area (Å²) in [5.41, 5.74) is 7.57. The van der Waals surface area contributed by atoms with E-state index in [1.165, 1.54) is 0 Å². The number of sulfonamides is 1. The van der Waals surface area contributed by atoms with Gasteiger partial charge in [0, 0.05) is 24.8 Å². The van der Waals surface area contributed by atoms with Crippen molar-refractivity contribution in [2.45, 2.75) is 76.3 Å². The van der Waals surface area contributed by atoms with Gasteiger partial charge in [0.25, 0.3) is 0 Å². The monoisotopic (exact) mass is 528 g/mol. The zero-order chi connectivity index (χ0) is 26.4. The number of carbonyl (C=O) groups is 1. The molecule has 1 aliphatic carbocycles. The van der Waals surface area contributed by atoms with Crippen LogP contribution in [-0.2, 0) is 21.4 Å². The van der Waals surface area contributed by atoms with Gasteiger partial charge in [0.2, 0.25) is 21.9 Å². The van der Waals surface area contributed by atoms with E-state index in [2.05, 4.69) is 37.2 Å². The van der Waals surface area contributed by atoms with Crippen molar-refractivity contribution in [2.24, 2.45) is 11.7 Å². The molecular formula is C25H36N8O3S. The highest BCUT2D eigenvalue weighted by molar-refractivity contribution is 7.89. The lowest BCUT2D eigenvalue weighted by Crippen LogP contribution is -2.40. The second-order valence-corrected chi connectivity index (χ2v) is 11.2. The summed E-state index contributed by atoms with van der Waals surface area (Å²) in [6.45, 7) is 5.18. The summed E-state index contributed by atoms with van der Waals surface area (Å²) in [4.78, 5) is 26.0. The van der Waals surface area contributed by atoms with E-state index in [1.54, 1.807) is 30.6 Å². The summed E-state index contributed by atoms with van der Waals surface area (Å²) in [5, 5.41) is 6.60. The number of unbranched alkanes of at least 4 members (excludes halogenated alkanes) is 2. The van der Waals surface area contributed by atoms with Crippen LogP contribution in [0, 0.1) is 5.92 Å². The molecule has 1 amide bonds. The number of carbonyl (C=O) groups excluding carboxylic acids is 1. The van der Waals surface area contributed by atoms with Crippen molar-refractivity contribution in [3.05, 3.63) is 30.6 Å². The molecule has 37 heavy (non-hydrogen) atoms. The molecule has 2 aromatic heterocycles. The number of aryl methyl sites for hydroxylation is 1. The summed E-state index contributed by atoms with van der Waals surface area (Å²) in [6, 6.07) is 6.38. The zero-order valence-electron chi connectivity index (χ0n) is 21.4. The van der Waals surface area contributed by atoms with Crippen molar-refractivity contribution in [3.8, 4) is 0 Å². The maximum atomic E-state index is 12.6. The second kappa shape index (κ2) is 11.9. The molecule has 0 saturated heterocycles. The smallest absolute Gasteiger partial charge is 0.240 e. The topological polar surface area (TPSA) is 157 Å². The minimum atomic E-state index is -3.57. The Hall–Kier alpha value is -3.25. The van der Waals surface area contributed by atoms with Crippen LogP contribution in [-0.4, -0.2) is 46.4 Å². The number of nitrogens with zero attached hydrogens (tertiary/aromatic N) is 4. The first-order chi connectivity index (χ1) is 17.8. The molecule has 1 aromatic carbocycles. The third-order valence-electron chi connectivity index (χ3n) is 6.75. The number of nitrogens with one attached hydrogen (secondary N) is 3. The van der Waals surface area contributed by atoms with Gasteiger partial charge in [0.1, 0.15) is 0 Å². The van der Waals surface area contributed by atoms with Crippen molar-refractivity contribution in [2.75, 3.05) is 17.2 Å². The van der Waals surface area contributed by atoms with Crippen molar-refractivity contribution in [1.29, 1.82) is 0 Å². The summed E-state index contributed by atoms with van der Waals surface area (Å²) >= 11 is 0. The molecule has 0 spiro atoms. The van der Waals surface area contributed by atoms with E-state index in [9.17, 15) is 13.2 Å². The molecule has 4 rings (SSSR count). The van der Waals surface area contributed by atoms with E-state index in [-0.39, 0.29) is 22.8 Å². The van der Waals surface area contributed by atoms with Gasteiger partial charge in [-0.3, -0.25) is 4.79 Å². The van der Waals surface area contributed by atoms with Gasteiger partial charge < -0.3 is 20.9 Å². The molecule has 2 atom stereocenters. The molecule has 1 saturated carbocycles. The first kappa shape index (κ1) is 26.8. The van der Waals surface area contributed by atoms with Gasteiger partial charge >= 0.3 is 0 Å². The van der Waals surface area contributed by atoms with Crippen molar-refractivity contribution in [1.82, 2.24) is 24.2 Å². The molecule has 0 bridgehead atoms. The number of aromatic nitrogens is 4. The standard InChI is InChI=1S/C25H36N8O3S/c1-3-5-8-15-28-37(35,36)18-13-11-17(12-14-18)29-23-21-24(33(4-2)16-27-21)32-25(31-23)30-20-10-7-6-9-19(20)22(26)34/h11-14,16,19-20,28H,3-10,15H2,1-2H3,(H2,26,34)(H2,29,30,31,32)/t19-,20+/m0/s1. The Bertz CT molecular complexity index is 1320. The van der Waals surface area contributed by atoms with Crippen LogP contribution in [0.1, 0.15) is 58.8 Å². The number of anilines is 3.